The van der Waals surface area contributed by atoms with E-state index in [0.29, 0.717) is 36.7 Å². The summed E-state index contributed by atoms with van der Waals surface area (Å²) < 4.78 is 12.6. The number of ketones is 1. The molecule has 2 fully saturated rings. The zero-order chi connectivity index (χ0) is 34.6. The fraction of sp³-hybridized carbons (Fsp3) is 0.419. The van der Waals surface area contributed by atoms with Crippen molar-refractivity contribution < 1.29 is 19.4 Å². The average Bonchev–Trinajstić information content (AvgIpc) is 3.55. The fourth-order valence-electron chi connectivity index (χ4n) is 9.88. The van der Waals surface area contributed by atoms with Gasteiger partial charge in [0.05, 0.1) is 18.8 Å². The number of phenols is 1. The van der Waals surface area contributed by atoms with Crippen LogP contribution >= 0.6 is 9.24 Å². The summed E-state index contributed by atoms with van der Waals surface area (Å²) in [5.74, 6) is 3.63. The minimum atomic E-state index is 0.138. The number of fused-ring (bicyclic) bond motifs is 6. The third-order valence-corrected chi connectivity index (χ3v) is 12.9. The molecule has 1 N–H and O–H groups in total. The summed E-state index contributed by atoms with van der Waals surface area (Å²) in [6.45, 7) is 7.01. The molecular weight excluding hydrogens is 653 g/mol. The molecule has 4 unspecified atom stereocenters. The standard InChI is InChI=1S/C43H48N3O4P/c1-49-40-23-38(41(51)22-36(40)42-32(28-5-3-2-4-6-28)9-7-29-21-31(47)8-10-33(29)42)45-17-15-27(16-18-45)24-44-19-20-46-30(25-44)26-50-43-35-12-14-39(48)34(35)11-13-37(43)46/h2-6,8,10-11,13,21-23,27,30,32,42,47H,7,9,12,14-20,24-26,51H2,1H3. The number of piperidine rings is 1. The molecule has 0 aromatic heterocycles. The molecule has 2 saturated heterocycles. The maximum Gasteiger partial charge on any atom is 0.163 e. The lowest BCUT2D eigenvalue weighted by Gasteiger charge is -2.47. The summed E-state index contributed by atoms with van der Waals surface area (Å²) in [5.41, 5.74) is 9.51. The first-order valence-electron chi connectivity index (χ1n) is 18.8. The second-order valence-corrected chi connectivity index (χ2v) is 15.9. The molecular formula is C43H48N3O4P. The van der Waals surface area contributed by atoms with Crippen LogP contribution in [0, 0.1) is 5.92 Å². The summed E-state index contributed by atoms with van der Waals surface area (Å²) in [5, 5.41) is 11.5. The van der Waals surface area contributed by atoms with Crippen LogP contribution in [0.25, 0.3) is 0 Å². The van der Waals surface area contributed by atoms with E-state index >= 15 is 0 Å². The molecule has 7 nitrogen and oxygen atoms in total. The number of aromatic hydroxyl groups is 1. The molecule has 3 heterocycles. The van der Waals surface area contributed by atoms with Crippen LogP contribution in [-0.4, -0.2) is 74.8 Å². The SMILES string of the molecule is COc1cc(N2CCC(CN3CCN4c5ccc6c(c5OCC4C3)CCC6=O)CC2)c(P)cc1C1c2ccc(O)cc2CCC1c1ccccc1. The van der Waals surface area contributed by atoms with Gasteiger partial charge in [-0.25, -0.2) is 0 Å². The van der Waals surface area contributed by atoms with Gasteiger partial charge in [-0.2, -0.15) is 0 Å². The predicted octanol–water partition coefficient (Wildman–Crippen LogP) is 6.69. The number of ether oxygens (including phenoxy) is 2. The largest absolute Gasteiger partial charge is 0.508 e. The molecule has 0 bridgehead atoms. The Bertz CT molecular complexity index is 1960. The number of phenolic OH excluding ortho intramolecular Hbond substituents is 1. The van der Waals surface area contributed by atoms with Gasteiger partial charge in [-0.3, -0.25) is 9.69 Å². The molecule has 4 aromatic carbocycles. The number of methoxy groups -OCH3 is 1. The Labute approximate surface area is 303 Å². The smallest absolute Gasteiger partial charge is 0.163 e. The number of carbonyl (C=O) groups excluding carboxylic acids is 1. The lowest BCUT2D eigenvalue weighted by atomic mass is 9.69. The van der Waals surface area contributed by atoms with E-state index in [1.54, 1.807) is 7.11 Å². The van der Waals surface area contributed by atoms with Crippen LogP contribution in [0.4, 0.5) is 11.4 Å². The minimum absolute atomic E-state index is 0.138. The van der Waals surface area contributed by atoms with Gasteiger partial charge in [0.2, 0.25) is 0 Å². The lowest BCUT2D eigenvalue weighted by Crippen LogP contribution is -2.58. The van der Waals surface area contributed by atoms with Crippen LogP contribution in [-0.2, 0) is 12.8 Å². The first-order chi connectivity index (χ1) is 24.9. The molecule has 264 valence electrons. The van der Waals surface area contributed by atoms with E-state index in [9.17, 15) is 9.90 Å². The van der Waals surface area contributed by atoms with Gasteiger partial charge in [0, 0.05) is 80.1 Å². The maximum atomic E-state index is 12.3. The van der Waals surface area contributed by atoms with Crippen molar-refractivity contribution in [2.24, 2.45) is 5.92 Å². The van der Waals surface area contributed by atoms with Gasteiger partial charge in [-0.1, -0.05) is 36.4 Å². The van der Waals surface area contributed by atoms with Gasteiger partial charge < -0.3 is 24.4 Å². The molecule has 3 aliphatic heterocycles. The Morgan fingerprint density at radius 2 is 1.73 bits per heavy atom. The second-order valence-electron chi connectivity index (χ2n) is 15.3. The van der Waals surface area contributed by atoms with E-state index in [0.717, 1.165) is 81.2 Å². The van der Waals surface area contributed by atoms with Crippen LogP contribution < -0.4 is 24.6 Å². The molecule has 8 heteroatoms. The van der Waals surface area contributed by atoms with Crippen molar-refractivity contribution in [1.29, 1.82) is 0 Å². The Kier molecular flexibility index (Phi) is 8.68. The number of nitrogens with zero attached hydrogens (tertiary/aromatic N) is 3. The average molecular weight is 702 g/mol. The molecule has 5 aliphatic rings. The van der Waals surface area contributed by atoms with Gasteiger partial charge in [0.25, 0.3) is 0 Å². The Balaban J connectivity index is 0.884. The number of hydrogen-bond acceptors (Lipinski definition) is 7. The first kappa shape index (κ1) is 32.8. The maximum absolute atomic E-state index is 12.3. The number of rotatable bonds is 6. The van der Waals surface area contributed by atoms with Crippen molar-refractivity contribution in [3.63, 3.8) is 0 Å². The second kappa shape index (κ2) is 13.5. The highest BCUT2D eigenvalue weighted by Crippen LogP contribution is 2.50. The van der Waals surface area contributed by atoms with Crippen LogP contribution in [0.3, 0.4) is 0 Å². The number of Topliss-reactive ketones (excluding diaryl/α,β-unsaturated/α-hetero) is 1. The summed E-state index contributed by atoms with van der Waals surface area (Å²) >= 11 is 0. The molecule has 9 rings (SSSR count). The van der Waals surface area contributed by atoms with Crippen molar-refractivity contribution in [2.75, 3.05) is 62.8 Å². The van der Waals surface area contributed by atoms with Crippen molar-refractivity contribution >= 4 is 31.7 Å². The van der Waals surface area contributed by atoms with Gasteiger partial charge >= 0.3 is 0 Å². The van der Waals surface area contributed by atoms with Gasteiger partial charge in [-0.15, -0.1) is 9.24 Å². The lowest BCUT2D eigenvalue weighted by molar-refractivity contribution is 0.0994. The summed E-state index contributed by atoms with van der Waals surface area (Å²) in [6.07, 6.45) is 5.75. The van der Waals surface area contributed by atoms with Gasteiger partial charge in [-0.05, 0) is 96.3 Å². The number of benzene rings is 4. The number of piperazine rings is 1. The van der Waals surface area contributed by atoms with E-state index < -0.39 is 0 Å². The third kappa shape index (κ3) is 5.97. The van der Waals surface area contributed by atoms with Crippen LogP contribution in [0.2, 0.25) is 0 Å². The highest BCUT2D eigenvalue weighted by Gasteiger charge is 2.38. The van der Waals surface area contributed by atoms with Crippen molar-refractivity contribution in [2.45, 2.75) is 56.4 Å². The number of aryl methyl sites for hydroxylation is 1. The zero-order valence-corrected chi connectivity index (χ0v) is 30.7. The monoisotopic (exact) mass is 701 g/mol. The van der Waals surface area contributed by atoms with Gasteiger partial charge in [0.1, 0.15) is 23.9 Å². The first-order valence-corrected chi connectivity index (χ1v) is 19.4. The number of anilines is 2. The molecule has 0 saturated carbocycles. The van der Waals surface area contributed by atoms with Crippen molar-refractivity contribution in [1.82, 2.24) is 4.90 Å². The molecule has 0 radical (unpaired) electrons. The normalized spacial score (nSPS) is 23.3. The van der Waals surface area contributed by atoms with E-state index in [1.807, 2.05) is 18.2 Å². The van der Waals surface area contributed by atoms with Crippen LogP contribution in [0.15, 0.2) is 72.8 Å². The van der Waals surface area contributed by atoms with E-state index in [1.165, 1.54) is 51.8 Å². The number of hydrogen-bond donors (Lipinski definition) is 1. The van der Waals surface area contributed by atoms with Crippen molar-refractivity contribution in [3.8, 4) is 17.2 Å². The third-order valence-electron chi connectivity index (χ3n) is 12.4. The zero-order valence-electron chi connectivity index (χ0n) is 29.5. The molecule has 2 aliphatic carbocycles. The molecule has 51 heavy (non-hydrogen) atoms. The molecule has 4 aromatic rings. The fourth-order valence-corrected chi connectivity index (χ4v) is 10.3. The van der Waals surface area contributed by atoms with Gasteiger partial charge in [0.15, 0.2) is 5.78 Å². The summed E-state index contributed by atoms with van der Waals surface area (Å²) in [6, 6.07) is 25.9. The van der Waals surface area contributed by atoms with E-state index in [2.05, 4.69) is 78.5 Å². The highest BCUT2D eigenvalue weighted by molar-refractivity contribution is 7.28. The minimum Gasteiger partial charge on any atom is -0.508 e. The molecule has 4 atom stereocenters. The number of carbonyl (C=O) groups is 1. The van der Waals surface area contributed by atoms with E-state index in [-0.39, 0.29) is 11.7 Å². The highest BCUT2D eigenvalue weighted by atomic mass is 31.0. The summed E-state index contributed by atoms with van der Waals surface area (Å²) in [7, 11) is 4.85. The predicted molar refractivity (Wildman–Crippen MR) is 207 cm³/mol. The Morgan fingerprint density at radius 3 is 2.55 bits per heavy atom. The Hall–Kier alpha value is -4.06. The summed E-state index contributed by atoms with van der Waals surface area (Å²) in [4.78, 5) is 20.1. The molecule has 0 amide bonds. The topological polar surface area (TPSA) is 65.5 Å². The van der Waals surface area contributed by atoms with Crippen LogP contribution in [0.5, 0.6) is 17.2 Å². The Morgan fingerprint density at radius 1 is 0.882 bits per heavy atom. The van der Waals surface area contributed by atoms with Crippen molar-refractivity contribution in [3.05, 3.63) is 106 Å². The van der Waals surface area contributed by atoms with Crippen LogP contribution in [0.1, 0.15) is 75.7 Å². The molecule has 0 spiro atoms. The quantitative estimate of drug-likeness (QED) is 0.225. The van der Waals surface area contributed by atoms with E-state index in [4.69, 9.17) is 9.47 Å².